The number of nitrogens with one attached hydrogen (secondary N) is 2. The second-order valence-electron chi connectivity index (χ2n) is 5.19. The van der Waals surface area contributed by atoms with E-state index >= 15 is 0 Å². The van der Waals surface area contributed by atoms with Crippen molar-refractivity contribution < 1.29 is 19.1 Å². The van der Waals surface area contributed by atoms with E-state index in [2.05, 4.69) is 10.6 Å². The van der Waals surface area contributed by atoms with Gasteiger partial charge in [-0.3, -0.25) is 9.59 Å². The first kappa shape index (κ1) is 16.3. The van der Waals surface area contributed by atoms with Crippen molar-refractivity contribution in [2.24, 2.45) is 5.92 Å². The number of amides is 2. The molecule has 2 N–H and O–H groups in total. The predicted octanol–water partition coefficient (Wildman–Crippen LogP) is 0.854. The Kier molecular flexibility index (Phi) is 6.21. The van der Waals surface area contributed by atoms with Crippen LogP contribution in [0.4, 0.5) is 0 Å². The molecule has 0 saturated carbocycles. The van der Waals surface area contributed by atoms with Crippen molar-refractivity contribution in [3.8, 4) is 5.75 Å². The quantitative estimate of drug-likeness (QED) is 0.817. The topological polar surface area (TPSA) is 76.7 Å². The summed E-state index contributed by atoms with van der Waals surface area (Å²) in [5.41, 5.74) is 0.897. The van der Waals surface area contributed by atoms with Crippen molar-refractivity contribution in [1.82, 2.24) is 10.6 Å². The van der Waals surface area contributed by atoms with Crippen LogP contribution in [0.15, 0.2) is 24.3 Å². The molecular weight excluding hydrogens is 284 g/mol. The Morgan fingerprint density at radius 2 is 1.95 bits per heavy atom. The third-order valence-corrected chi connectivity index (χ3v) is 3.68. The lowest BCUT2D eigenvalue weighted by Gasteiger charge is -2.21. The van der Waals surface area contributed by atoms with E-state index in [0.29, 0.717) is 32.6 Å². The van der Waals surface area contributed by atoms with Crippen molar-refractivity contribution in [2.75, 3.05) is 26.9 Å². The van der Waals surface area contributed by atoms with Crippen LogP contribution in [-0.2, 0) is 20.9 Å². The van der Waals surface area contributed by atoms with Crippen LogP contribution in [0.5, 0.6) is 5.75 Å². The molecule has 1 saturated heterocycles. The highest BCUT2D eigenvalue weighted by molar-refractivity contribution is 5.85. The molecule has 6 heteroatoms. The molecule has 120 valence electrons. The molecule has 2 amide bonds. The van der Waals surface area contributed by atoms with Gasteiger partial charge in [-0.15, -0.1) is 0 Å². The van der Waals surface area contributed by atoms with Crippen LogP contribution in [-0.4, -0.2) is 38.7 Å². The smallest absolute Gasteiger partial charge is 0.239 e. The van der Waals surface area contributed by atoms with Gasteiger partial charge in [-0.2, -0.15) is 0 Å². The molecule has 0 aliphatic carbocycles. The normalized spacial score (nSPS) is 15.1. The van der Waals surface area contributed by atoms with Gasteiger partial charge in [0.05, 0.1) is 13.7 Å². The number of carbonyl (C=O) groups excluding carboxylic acids is 2. The van der Waals surface area contributed by atoms with Crippen molar-refractivity contribution in [3.05, 3.63) is 29.8 Å². The molecule has 22 heavy (non-hydrogen) atoms. The maximum Gasteiger partial charge on any atom is 0.239 e. The van der Waals surface area contributed by atoms with Gasteiger partial charge in [0.1, 0.15) is 5.75 Å². The minimum absolute atomic E-state index is 0.00859. The second-order valence-corrected chi connectivity index (χ2v) is 5.19. The van der Waals surface area contributed by atoms with E-state index in [1.165, 1.54) is 0 Å². The maximum absolute atomic E-state index is 11.9. The number of para-hydroxylation sites is 1. The van der Waals surface area contributed by atoms with Crippen LogP contribution < -0.4 is 15.4 Å². The summed E-state index contributed by atoms with van der Waals surface area (Å²) >= 11 is 0. The minimum Gasteiger partial charge on any atom is -0.496 e. The molecule has 0 spiro atoms. The Hall–Kier alpha value is -2.08. The lowest BCUT2D eigenvalue weighted by Crippen LogP contribution is -2.40. The molecule has 1 aliphatic rings. The van der Waals surface area contributed by atoms with Crippen LogP contribution in [0.1, 0.15) is 18.4 Å². The molecule has 1 aromatic carbocycles. The summed E-state index contributed by atoms with van der Waals surface area (Å²) < 4.78 is 10.4. The van der Waals surface area contributed by atoms with Crippen LogP contribution in [0, 0.1) is 5.92 Å². The Bertz CT molecular complexity index is 513. The van der Waals surface area contributed by atoms with Gasteiger partial charge >= 0.3 is 0 Å². The van der Waals surface area contributed by atoms with E-state index in [9.17, 15) is 9.59 Å². The molecule has 1 fully saturated rings. The highest BCUT2D eigenvalue weighted by Gasteiger charge is 2.21. The van der Waals surface area contributed by atoms with Gasteiger partial charge < -0.3 is 20.1 Å². The molecule has 2 rings (SSSR count). The molecule has 0 atom stereocenters. The summed E-state index contributed by atoms with van der Waals surface area (Å²) in [5, 5.41) is 5.45. The molecule has 0 bridgehead atoms. The highest BCUT2D eigenvalue weighted by Crippen LogP contribution is 2.16. The number of hydrogen-bond acceptors (Lipinski definition) is 4. The van der Waals surface area contributed by atoms with Crippen molar-refractivity contribution in [3.63, 3.8) is 0 Å². The predicted molar refractivity (Wildman–Crippen MR) is 81.4 cm³/mol. The van der Waals surface area contributed by atoms with Crippen molar-refractivity contribution in [2.45, 2.75) is 19.4 Å². The van der Waals surface area contributed by atoms with E-state index < -0.39 is 0 Å². The molecule has 0 aromatic heterocycles. The fourth-order valence-corrected chi connectivity index (χ4v) is 2.38. The zero-order valence-corrected chi connectivity index (χ0v) is 12.8. The number of benzene rings is 1. The number of hydrogen-bond donors (Lipinski definition) is 2. The number of carbonyl (C=O) groups is 2. The standard InChI is InChI=1S/C16H22N2O4/c1-21-14-5-3-2-4-13(14)10-17-15(19)11-18-16(20)12-6-8-22-9-7-12/h2-5,12H,6-11H2,1H3,(H,17,19)(H,18,20). The van der Waals surface area contributed by atoms with Crippen LogP contribution in [0.2, 0.25) is 0 Å². The van der Waals surface area contributed by atoms with E-state index in [1.54, 1.807) is 7.11 Å². The van der Waals surface area contributed by atoms with Gasteiger partial charge in [-0.1, -0.05) is 18.2 Å². The maximum atomic E-state index is 11.9. The van der Waals surface area contributed by atoms with Gasteiger partial charge in [-0.25, -0.2) is 0 Å². The molecule has 6 nitrogen and oxygen atoms in total. The Balaban J connectivity index is 1.72. The van der Waals surface area contributed by atoms with Crippen LogP contribution in [0.3, 0.4) is 0 Å². The molecule has 0 unspecified atom stereocenters. The minimum atomic E-state index is -0.216. The first-order valence-corrected chi connectivity index (χ1v) is 7.44. The third kappa shape index (κ3) is 4.73. The number of rotatable bonds is 6. The van der Waals surface area contributed by atoms with Crippen molar-refractivity contribution in [1.29, 1.82) is 0 Å². The zero-order valence-electron chi connectivity index (χ0n) is 12.8. The molecule has 1 heterocycles. The SMILES string of the molecule is COc1ccccc1CNC(=O)CNC(=O)C1CCOCC1. The summed E-state index contributed by atoms with van der Waals surface area (Å²) in [6.07, 6.45) is 1.43. The fourth-order valence-electron chi connectivity index (χ4n) is 2.38. The van der Waals surface area contributed by atoms with Gasteiger partial charge in [0.15, 0.2) is 0 Å². The average molecular weight is 306 g/mol. The monoisotopic (exact) mass is 306 g/mol. The lowest BCUT2D eigenvalue weighted by atomic mass is 9.99. The van der Waals surface area contributed by atoms with Crippen LogP contribution in [0.25, 0.3) is 0 Å². The van der Waals surface area contributed by atoms with Gasteiger partial charge in [0, 0.05) is 31.2 Å². The molecular formula is C16H22N2O4. The summed E-state index contributed by atoms with van der Waals surface area (Å²) in [6.45, 7) is 1.58. The first-order valence-electron chi connectivity index (χ1n) is 7.44. The summed E-state index contributed by atoms with van der Waals surface area (Å²) in [6, 6.07) is 7.49. The van der Waals surface area contributed by atoms with Crippen LogP contribution >= 0.6 is 0 Å². The second kappa shape index (κ2) is 8.38. The average Bonchev–Trinajstić information content (AvgIpc) is 2.58. The van der Waals surface area contributed by atoms with E-state index in [-0.39, 0.29) is 24.3 Å². The van der Waals surface area contributed by atoms with Gasteiger partial charge in [-0.05, 0) is 18.9 Å². The van der Waals surface area contributed by atoms with Gasteiger partial charge in [0.25, 0.3) is 0 Å². The first-order chi connectivity index (χ1) is 10.7. The number of methoxy groups -OCH3 is 1. The van der Waals surface area contributed by atoms with E-state index in [1.807, 2.05) is 24.3 Å². The third-order valence-electron chi connectivity index (χ3n) is 3.68. The zero-order chi connectivity index (χ0) is 15.8. The summed E-state index contributed by atoms with van der Waals surface area (Å²) in [4.78, 5) is 23.7. The Morgan fingerprint density at radius 3 is 2.68 bits per heavy atom. The van der Waals surface area contributed by atoms with Crippen molar-refractivity contribution >= 4 is 11.8 Å². The van der Waals surface area contributed by atoms with E-state index in [0.717, 1.165) is 11.3 Å². The largest absolute Gasteiger partial charge is 0.496 e. The van der Waals surface area contributed by atoms with E-state index in [4.69, 9.17) is 9.47 Å². The lowest BCUT2D eigenvalue weighted by molar-refractivity contribution is -0.130. The van der Waals surface area contributed by atoms with Gasteiger partial charge in [0.2, 0.25) is 11.8 Å². The number of ether oxygens (including phenoxy) is 2. The fraction of sp³-hybridized carbons (Fsp3) is 0.500. The Labute approximate surface area is 130 Å². The summed E-state index contributed by atoms with van der Waals surface area (Å²) in [7, 11) is 1.59. The molecule has 1 aliphatic heterocycles. The molecule has 0 radical (unpaired) electrons. The molecule has 1 aromatic rings. The Morgan fingerprint density at radius 1 is 1.23 bits per heavy atom. The highest BCUT2D eigenvalue weighted by atomic mass is 16.5. The summed E-state index contributed by atoms with van der Waals surface area (Å²) in [5.74, 6) is 0.395.